The molecule has 23 heavy (non-hydrogen) atoms. The molecular formula is C16H17Cl2N3OS. The third-order valence-corrected chi connectivity index (χ3v) is 5.43. The Hall–Kier alpha value is -1.14. The first kappa shape index (κ1) is 16.7. The van der Waals surface area contributed by atoms with Crippen LogP contribution in [0.2, 0.25) is 10.2 Å². The Bertz CT molecular complexity index is 672. The molecule has 0 saturated carbocycles. The van der Waals surface area contributed by atoms with Gasteiger partial charge in [-0.05, 0) is 49.5 Å². The molecule has 1 N–H and O–H groups in total. The summed E-state index contributed by atoms with van der Waals surface area (Å²) in [7, 11) is 0. The Balaban J connectivity index is 1.71. The number of pyridine rings is 1. The molecule has 4 nitrogen and oxygen atoms in total. The molecule has 7 heteroatoms. The topological polar surface area (TPSA) is 45.2 Å². The molecule has 3 rings (SSSR count). The molecule has 2 aromatic heterocycles. The lowest BCUT2D eigenvalue weighted by atomic mass is 10.2. The van der Waals surface area contributed by atoms with Gasteiger partial charge in [-0.2, -0.15) is 0 Å². The zero-order chi connectivity index (χ0) is 16.2. The number of carbonyl (C=O) groups excluding carboxylic acids is 1. The number of carbonyl (C=O) groups is 1. The largest absolute Gasteiger partial charge is 0.349 e. The van der Waals surface area contributed by atoms with E-state index in [-0.39, 0.29) is 22.8 Å². The van der Waals surface area contributed by atoms with Crippen molar-refractivity contribution in [2.75, 3.05) is 19.6 Å². The smallest absolute Gasteiger partial charge is 0.271 e. The van der Waals surface area contributed by atoms with Crippen molar-refractivity contribution in [3.63, 3.8) is 0 Å². The maximum Gasteiger partial charge on any atom is 0.271 e. The Labute approximate surface area is 149 Å². The van der Waals surface area contributed by atoms with Crippen molar-refractivity contribution in [2.24, 2.45) is 0 Å². The minimum Gasteiger partial charge on any atom is -0.349 e. The number of amides is 1. The molecule has 0 aliphatic carbocycles. The van der Waals surface area contributed by atoms with Crippen molar-refractivity contribution in [3.8, 4) is 0 Å². The molecule has 0 unspecified atom stereocenters. The third-order valence-electron chi connectivity index (χ3n) is 3.94. The molecule has 0 spiro atoms. The lowest BCUT2D eigenvalue weighted by molar-refractivity contribution is 0.0933. The molecule has 1 amide bonds. The SMILES string of the molecule is O=C(NC[C@H](c1cccs1)N1CCCC1)c1nc(Cl)ccc1Cl. The maximum absolute atomic E-state index is 12.4. The summed E-state index contributed by atoms with van der Waals surface area (Å²) in [4.78, 5) is 20.1. The van der Waals surface area contributed by atoms with Crippen LogP contribution in [0.5, 0.6) is 0 Å². The monoisotopic (exact) mass is 369 g/mol. The predicted molar refractivity (Wildman–Crippen MR) is 94.5 cm³/mol. The highest BCUT2D eigenvalue weighted by atomic mass is 35.5. The number of hydrogen-bond donors (Lipinski definition) is 1. The summed E-state index contributed by atoms with van der Waals surface area (Å²) in [5.41, 5.74) is 0.172. The fraction of sp³-hybridized carbons (Fsp3) is 0.375. The van der Waals surface area contributed by atoms with E-state index in [1.54, 1.807) is 23.5 Å². The van der Waals surface area contributed by atoms with Crippen molar-refractivity contribution in [1.29, 1.82) is 0 Å². The van der Waals surface area contributed by atoms with Gasteiger partial charge in [0.15, 0.2) is 0 Å². The Morgan fingerprint density at radius 3 is 2.78 bits per heavy atom. The van der Waals surface area contributed by atoms with Crippen LogP contribution < -0.4 is 5.32 Å². The summed E-state index contributed by atoms with van der Waals surface area (Å²) in [5.74, 6) is -0.293. The van der Waals surface area contributed by atoms with Gasteiger partial charge in [0.05, 0.1) is 11.1 Å². The van der Waals surface area contributed by atoms with Crippen LogP contribution in [-0.2, 0) is 0 Å². The molecule has 0 bridgehead atoms. The first-order valence-electron chi connectivity index (χ1n) is 7.53. The standard InChI is InChI=1S/C16H17Cl2N3OS/c17-11-5-6-14(18)20-15(11)16(22)19-10-12(13-4-3-9-23-13)21-7-1-2-8-21/h3-6,9,12H,1-2,7-8,10H2,(H,19,22)/t12-/m1/s1. The highest BCUT2D eigenvalue weighted by molar-refractivity contribution is 7.10. The number of halogens is 2. The van der Waals surface area contributed by atoms with Gasteiger partial charge >= 0.3 is 0 Å². The van der Waals surface area contributed by atoms with Gasteiger partial charge in [0.1, 0.15) is 10.8 Å². The number of nitrogens with zero attached hydrogens (tertiary/aromatic N) is 2. The Kier molecular flexibility index (Phi) is 5.54. The molecule has 1 aliphatic heterocycles. The van der Waals surface area contributed by atoms with Crippen LogP contribution in [0.3, 0.4) is 0 Å². The van der Waals surface area contributed by atoms with E-state index in [4.69, 9.17) is 23.2 Å². The van der Waals surface area contributed by atoms with Crippen LogP contribution in [0.25, 0.3) is 0 Å². The zero-order valence-electron chi connectivity index (χ0n) is 12.5. The van der Waals surface area contributed by atoms with Gasteiger partial charge in [-0.15, -0.1) is 11.3 Å². The van der Waals surface area contributed by atoms with E-state index in [9.17, 15) is 4.79 Å². The number of aromatic nitrogens is 1. The van der Waals surface area contributed by atoms with Gasteiger partial charge in [0.25, 0.3) is 5.91 Å². The van der Waals surface area contributed by atoms with Crippen LogP contribution in [0.15, 0.2) is 29.6 Å². The van der Waals surface area contributed by atoms with Crippen molar-refractivity contribution < 1.29 is 4.79 Å². The van der Waals surface area contributed by atoms with Crippen molar-refractivity contribution in [2.45, 2.75) is 18.9 Å². The van der Waals surface area contributed by atoms with E-state index in [2.05, 4.69) is 26.6 Å². The average Bonchev–Trinajstić information content (AvgIpc) is 3.23. The summed E-state index contributed by atoms with van der Waals surface area (Å²) < 4.78 is 0. The van der Waals surface area contributed by atoms with Gasteiger partial charge in [-0.3, -0.25) is 9.69 Å². The molecule has 0 radical (unpaired) electrons. The fourth-order valence-electron chi connectivity index (χ4n) is 2.79. The molecule has 0 aromatic carbocycles. The maximum atomic E-state index is 12.4. The van der Waals surface area contributed by atoms with Crippen LogP contribution in [0, 0.1) is 0 Å². The normalized spacial score (nSPS) is 16.4. The number of rotatable bonds is 5. The Morgan fingerprint density at radius 1 is 1.30 bits per heavy atom. The molecule has 3 heterocycles. The molecular weight excluding hydrogens is 353 g/mol. The van der Waals surface area contributed by atoms with E-state index >= 15 is 0 Å². The van der Waals surface area contributed by atoms with E-state index in [0.29, 0.717) is 11.6 Å². The van der Waals surface area contributed by atoms with Gasteiger partial charge in [0, 0.05) is 11.4 Å². The first-order valence-corrected chi connectivity index (χ1v) is 9.16. The molecule has 1 fully saturated rings. The van der Waals surface area contributed by atoms with Crippen LogP contribution in [0.1, 0.15) is 34.2 Å². The predicted octanol–water partition coefficient (Wildman–Crippen LogP) is 4.02. The van der Waals surface area contributed by atoms with E-state index in [0.717, 1.165) is 13.1 Å². The van der Waals surface area contributed by atoms with Gasteiger partial charge in [-0.1, -0.05) is 29.3 Å². The lowest BCUT2D eigenvalue weighted by Crippen LogP contribution is -2.36. The molecule has 1 atom stereocenters. The third kappa shape index (κ3) is 4.04. The van der Waals surface area contributed by atoms with Crippen LogP contribution in [0.4, 0.5) is 0 Å². The second-order valence-electron chi connectivity index (χ2n) is 5.45. The second-order valence-corrected chi connectivity index (χ2v) is 7.22. The van der Waals surface area contributed by atoms with Gasteiger partial charge < -0.3 is 5.32 Å². The molecule has 122 valence electrons. The molecule has 1 saturated heterocycles. The minimum absolute atomic E-state index is 0.172. The highest BCUT2D eigenvalue weighted by Gasteiger charge is 2.25. The number of nitrogens with one attached hydrogen (secondary N) is 1. The quantitative estimate of drug-likeness (QED) is 0.809. The van der Waals surface area contributed by atoms with Crippen molar-refractivity contribution in [3.05, 3.63) is 50.4 Å². The zero-order valence-corrected chi connectivity index (χ0v) is 14.8. The summed E-state index contributed by atoms with van der Waals surface area (Å²) in [5, 5.41) is 5.58. The molecule has 2 aromatic rings. The van der Waals surface area contributed by atoms with E-state index < -0.39 is 0 Å². The van der Waals surface area contributed by atoms with Gasteiger partial charge in [0.2, 0.25) is 0 Å². The Morgan fingerprint density at radius 2 is 2.09 bits per heavy atom. The van der Waals surface area contributed by atoms with E-state index in [1.165, 1.54) is 17.7 Å². The second kappa shape index (κ2) is 7.62. The number of thiophene rings is 1. The van der Waals surface area contributed by atoms with Crippen LogP contribution in [-0.4, -0.2) is 35.4 Å². The summed E-state index contributed by atoms with van der Waals surface area (Å²) >= 11 is 13.6. The highest BCUT2D eigenvalue weighted by Crippen LogP contribution is 2.28. The summed E-state index contributed by atoms with van der Waals surface area (Å²) in [6, 6.07) is 7.51. The summed E-state index contributed by atoms with van der Waals surface area (Å²) in [6.07, 6.45) is 2.41. The average molecular weight is 370 g/mol. The number of hydrogen-bond acceptors (Lipinski definition) is 4. The van der Waals surface area contributed by atoms with Gasteiger partial charge in [-0.25, -0.2) is 4.98 Å². The molecule has 1 aliphatic rings. The van der Waals surface area contributed by atoms with E-state index in [1.807, 2.05) is 6.07 Å². The minimum atomic E-state index is -0.293. The lowest BCUT2D eigenvalue weighted by Gasteiger charge is -2.26. The van der Waals surface area contributed by atoms with Crippen LogP contribution >= 0.6 is 34.5 Å². The van der Waals surface area contributed by atoms with Crippen molar-refractivity contribution >= 4 is 40.4 Å². The number of likely N-dealkylation sites (tertiary alicyclic amines) is 1. The first-order chi connectivity index (χ1) is 11.1. The summed E-state index contributed by atoms with van der Waals surface area (Å²) in [6.45, 7) is 2.66. The fourth-order valence-corrected chi connectivity index (χ4v) is 3.99. The van der Waals surface area contributed by atoms with Crippen molar-refractivity contribution in [1.82, 2.24) is 15.2 Å².